The number of hydrogen-bond donors (Lipinski definition) is 2. The number of aromatic nitrogens is 2. The Labute approximate surface area is 233 Å². The van der Waals surface area contributed by atoms with Crippen LogP contribution in [0.3, 0.4) is 0 Å². The van der Waals surface area contributed by atoms with Gasteiger partial charge in [0.1, 0.15) is 11.4 Å². The quantitative estimate of drug-likeness (QED) is 0.530. The highest BCUT2D eigenvalue weighted by molar-refractivity contribution is 6.02. The Kier molecular flexibility index (Phi) is 8.07. The van der Waals surface area contributed by atoms with Crippen LogP contribution in [-0.2, 0) is 4.79 Å². The summed E-state index contributed by atoms with van der Waals surface area (Å²) in [7, 11) is 3.58. The summed E-state index contributed by atoms with van der Waals surface area (Å²) < 4.78 is 35.6. The normalized spacial score (nSPS) is 20.3. The predicted octanol–water partition coefficient (Wildman–Crippen LogP) is 3.80. The van der Waals surface area contributed by atoms with E-state index in [9.17, 15) is 9.59 Å². The molecular formula is C28H37F2N7O3. The van der Waals surface area contributed by atoms with E-state index in [4.69, 9.17) is 4.74 Å². The van der Waals surface area contributed by atoms with Gasteiger partial charge in [0.15, 0.2) is 5.82 Å². The molecule has 1 saturated carbocycles. The smallest absolute Gasteiger partial charge is 0.342 e. The summed E-state index contributed by atoms with van der Waals surface area (Å²) in [5, 5.41) is 6.22. The highest BCUT2D eigenvalue weighted by Crippen LogP contribution is 2.40. The Hall–Kier alpha value is -3.54. The molecule has 3 heterocycles. The topological polar surface area (TPSA) is 103 Å². The third-order valence-corrected chi connectivity index (χ3v) is 8.09. The molecule has 0 spiro atoms. The van der Waals surface area contributed by atoms with E-state index in [0.717, 1.165) is 56.5 Å². The molecular weight excluding hydrogens is 520 g/mol. The zero-order valence-electron chi connectivity index (χ0n) is 23.3. The second-order valence-electron chi connectivity index (χ2n) is 10.8. The average Bonchev–Trinajstić information content (AvgIpc) is 3.46. The van der Waals surface area contributed by atoms with Crippen molar-refractivity contribution < 1.29 is 23.1 Å². The van der Waals surface area contributed by atoms with Gasteiger partial charge in [-0.05, 0) is 70.9 Å². The van der Waals surface area contributed by atoms with Crippen LogP contribution >= 0.6 is 0 Å². The molecule has 1 saturated heterocycles. The van der Waals surface area contributed by atoms with E-state index in [1.807, 2.05) is 0 Å². The Bertz CT molecular complexity index is 1250. The van der Waals surface area contributed by atoms with E-state index in [-0.39, 0.29) is 36.2 Å². The van der Waals surface area contributed by atoms with Gasteiger partial charge in [-0.3, -0.25) is 9.59 Å². The van der Waals surface area contributed by atoms with Crippen LogP contribution in [0.15, 0.2) is 24.4 Å². The molecule has 1 aromatic carbocycles. The summed E-state index contributed by atoms with van der Waals surface area (Å²) >= 11 is 0. The van der Waals surface area contributed by atoms with Crippen molar-refractivity contribution >= 4 is 35.0 Å². The van der Waals surface area contributed by atoms with E-state index in [0.29, 0.717) is 22.8 Å². The molecule has 2 N–H and O–H groups in total. The largest absolute Gasteiger partial charge is 0.495 e. The fourth-order valence-corrected chi connectivity index (χ4v) is 5.80. The first-order valence-electron chi connectivity index (χ1n) is 14.0. The van der Waals surface area contributed by atoms with E-state index in [1.165, 1.54) is 13.3 Å². The molecule has 1 aliphatic carbocycles. The Morgan fingerprint density at radius 3 is 2.58 bits per heavy atom. The SMILES string of the molecule is CCN1C(=O)C(F)(F)CN(C2CCCC2)c2nc(Nc3ccc(C(=O)NC4CCN(C)CC4)cc3OC)ncc21. The molecule has 2 amide bonds. The number of methoxy groups -OCH3 is 1. The first-order chi connectivity index (χ1) is 19.2. The molecule has 40 heavy (non-hydrogen) atoms. The van der Waals surface area contributed by atoms with Crippen molar-refractivity contribution in [2.75, 3.05) is 55.5 Å². The van der Waals surface area contributed by atoms with Crippen LogP contribution in [-0.4, -0.2) is 85.0 Å². The van der Waals surface area contributed by atoms with Crippen molar-refractivity contribution in [2.45, 2.75) is 63.5 Å². The van der Waals surface area contributed by atoms with Gasteiger partial charge in [0.05, 0.1) is 25.5 Å². The number of carbonyl (C=O) groups is 2. The van der Waals surface area contributed by atoms with Gasteiger partial charge in [-0.1, -0.05) is 12.8 Å². The van der Waals surface area contributed by atoms with Crippen molar-refractivity contribution in [2.24, 2.45) is 0 Å². The van der Waals surface area contributed by atoms with Crippen molar-refractivity contribution in [3.63, 3.8) is 0 Å². The molecule has 2 aliphatic heterocycles. The van der Waals surface area contributed by atoms with Gasteiger partial charge in [0, 0.05) is 24.2 Å². The molecule has 0 unspecified atom stereocenters. The van der Waals surface area contributed by atoms with Crippen molar-refractivity contribution in [3.05, 3.63) is 30.0 Å². The number of nitrogens with one attached hydrogen (secondary N) is 2. The summed E-state index contributed by atoms with van der Waals surface area (Å²) in [6.45, 7) is 2.89. The highest BCUT2D eigenvalue weighted by Gasteiger charge is 2.49. The summed E-state index contributed by atoms with van der Waals surface area (Å²) in [6, 6.07) is 5.06. The number of benzene rings is 1. The Balaban J connectivity index is 1.41. The minimum Gasteiger partial charge on any atom is -0.495 e. The van der Waals surface area contributed by atoms with Crippen LogP contribution in [0.2, 0.25) is 0 Å². The fourth-order valence-electron chi connectivity index (χ4n) is 5.80. The molecule has 2 fully saturated rings. The minimum absolute atomic E-state index is 0.0744. The minimum atomic E-state index is -3.54. The Morgan fingerprint density at radius 2 is 1.90 bits per heavy atom. The lowest BCUT2D eigenvalue weighted by Crippen LogP contribution is -2.49. The second kappa shape index (κ2) is 11.5. The van der Waals surface area contributed by atoms with Gasteiger partial charge in [-0.25, -0.2) is 4.98 Å². The van der Waals surface area contributed by atoms with Crippen molar-refractivity contribution in [3.8, 4) is 5.75 Å². The van der Waals surface area contributed by atoms with Crippen LogP contribution in [0.5, 0.6) is 5.75 Å². The number of likely N-dealkylation sites (tertiary alicyclic amines) is 1. The van der Waals surface area contributed by atoms with Crippen LogP contribution in [0.4, 0.5) is 31.9 Å². The molecule has 3 aliphatic rings. The maximum Gasteiger partial charge on any atom is 0.342 e. The standard InChI is InChI=1S/C28H37F2N7O3/c1-4-36-22-16-31-27(34-24(22)37(20-7-5-6-8-20)17-28(29,30)26(36)39)33-21-10-9-18(15-23(21)40-3)25(38)32-19-11-13-35(2)14-12-19/h9-10,15-16,19-20H,4-8,11-14,17H2,1-3H3,(H,32,38)(H,31,33,34). The van der Waals surface area contributed by atoms with Gasteiger partial charge in [0.2, 0.25) is 5.95 Å². The number of amides is 2. The summed E-state index contributed by atoms with van der Waals surface area (Å²) in [5.41, 5.74) is 1.26. The van der Waals surface area contributed by atoms with E-state index < -0.39 is 18.4 Å². The lowest BCUT2D eigenvalue weighted by molar-refractivity contribution is -0.140. The Morgan fingerprint density at radius 1 is 1.18 bits per heavy atom. The second-order valence-corrected chi connectivity index (χ2v) is 10.8. The van der Waals surface area contributed by atoms with Crippen molar-refractivity contribution in [1.82, 2.24) is 20.2 Å². The highest BCUT2D eigenvalue weighted by atomic mass is 19.3. The monoisotopic (exact) mass is 557 g/mol. The molecule has 0 atom stereocenters. The zero-order chi connectivity index (χ0) is 28.4. The first-order valence-corrected chi connectivity index (χ1v) is 14.0. The van der Waals surface area contributed by atoms with Gasteiger partial charge in [-0.15, -0.1) is 0 Å². The summed E-state index contributed by atoms with van der Waals surface area (Å²) in [4.78, 5) is 39.5. The number of nitrogens with zero attached hydrogens (tertiary/aromatic N) is 5. The number of fused-ring (bicyclic) bond motifs is 1. The molecule has 0 bridgehead atoms. The molecule has 12 heteroatoms. The lowest BCUT2D eigenvalue weighted by atomic mass is 10.0. The third-order valence-electron chi connectivity index (χ3n) is 8.09. The van der Waals surface area contributed by atoms with Crippen LogP contribution in [0, 0.1) is 0 Å². The number of anilines is 4. The van der Waals surface area contributed by atoms with Crippen LogP contribution < -0.4 is 25.2 Å². The number of hydrogen-bond acceptors (Lipinski definition) is 8. The summed E-state index contributed by atoms with van der Waals surface area (Å²) in [5.74, 6) is -4.05. The van der Waals surface area contributed by atoms with Gasteiger partial charge < -0.3 is 30.1 Å². The van der Waals surface area contributed by atoms with E-state index in [2.05, 4.69) is 32.5 Å². The number of ether oxygens (including phenoxy) is 1. The van der Waals surface area contributed by atoms with E-state index >= 15 is 8.78 Å². The zero-order valence-corrected chi connectivity index (χ0v) is 23.3. The predicted molar refractivity (Wildman–Crippen MR) is 149 cm³/mol. The van der Waals surface area contributed by atoms with Gasteiger partial charge in [-0.2, -0.15) is 13.8 Å². The lowest BCUT2D eigenvalue weighted by Gasteiger charge is -2.31. The van der Waals surface area contributed by atoms with Crippen molar-refractivity contribution in [1.29, 1.82) is 0 Å². The van der Waals surface area contributed by atoms with E-state index in [1.54, 1.807) is 30.0 Å². The van der Waals surface area contributed by atoms with Gasteiger partial charge in [0.25, 0.3) is 11.8 Å². The number of carbonyl (C=O) groups excluding carboxylic acids is 2. The average molecular weight is 558 g/mol. The maximum atomic E-state index is 15.0. The molecule has 1 aromatic heterocycles. The first kappa shape index (κ1) is 28.0. The fraction of sp³-hybridized carbons (Fsp3) is 0.571. The van der Waals surface area contributed by atoms with Crippen LogP contribution in [0.1, 0.15) is 55.8 Å². The molecule has 5 rings (SSSR count). The molecule has 216 valence electrons. The maximum absolute atomic E-state index is 15.0. The third kappa shape index (κ3) is 5.67. The number of rotatable bonds is 7. The number of alkyl halides is 2. The summed E-state index contributed by atoms with van der Waals surface area (Å²) in [6.07, 6.45) is 6.64. The molecule has 0 radical (unpaired) electrons. The molecule has 2 aromatic rings. The van der Waals surface area contributed by atoms with Gasteiger partial charge >= 0.3 is 5.92 Å². The molecule has 10 nitrogen and oxygen atoms in total. The van der Waals surface area contributed by atoms with Crippen LogP contribution in [0.25, 0.3) is 0 Å². The number of halogens is 2. The number of piperidine rings is 1.